The number of hydrogen-bond donors (Lipinski definition) is 0. The smallest absolute Gasteiger partial charge is 0.306 e. The normalized spacial score (nSPS) is 14.2. The highest BCUT2D eigenvalue weighted by atomic mass is 31.2. The molecule has 0 aromatic carbocycles. The number of phosphoric ester groups is 1. The predicted octanol–water partition coefficient (Wildman–Crippen LogP) is 25.5. The summed E-state index contributed by atoms with van der Waals surface area (Å²) in [5, 5.41) is 0. The summed E-state index contributed by atoms with van der Waals surface area (Å²) in [5.41, 5.74) is 0. The molecule has 98 heavy (non-hydrogen) atoms. The molecular weight excluding hydrogens is 1230 g/mol. The van der Waals surface area contributed by atoms with Crippen LogP contribution in [0.2, 0.25) is 0 Å². The molecule has 0 aliphatic rings. The summed E-state index contributed by atoms with van der Waals surface area (Å²) in [6.45, 7) is 3.99. The molecule has 0 aliphatic heterocycles. The summed E-state index contributed by atoms with van der Waals surface area (Å²) in [7, 11) is 1.14. The van der Waals surface area contributed by atoms with Gasteiger partial charge in [0, 0.05) is 12.8 Å². The zero-order chi connectivity index (χ0) is 71.1. The van der Waals surface area contributed by atoms with E-state index in [2.05, 4.69) is 220 Å². The van der Waals surface area contributed by atoms with Gasteiger partial charge in [0.15, 0.2) is 6.10 Å². The van der Waals surface area contributed by atoms with Gasteiger partial charge in [-0.15, -0.1) is 0 Å². The Kier molecular flexibility index (Phi) is 71.6. The van der Waals surface area contributed by atoms with Gasteiger partial charge in [-0.25, -0.2) is 0 Å². The standard InChI is InChI=1S/C88H142NO8P/c1-6-8-10-12-14-16-18-20-22-24-26-28-30-32-34-36-38-40-42-44-46-48-50-52-54-56-58-60-62-64-66-68-70-72-74-76-78-80-87(90)94-84-86(85-96-98(92,93)95-83-82-89(3,4)5)97-88(91)81-79-77-75-73-71-69-67-65-63-61-59-57-55-53-51-49-47-45-43-41-39-37-35-33-31-29-27-25-23-21-19-17-15-13-11-9-7-2/h8-11,14-17,20-23,26-29,32-35,38-41,44-47,50-53,57,59,86H,6-7,12-13,18-19,24-25,30-31,36-37,42-43,48-49,54-56,58,60-85H2,1-5H3/b10-8-,11-9-,16-14-,17-15-,22-20-,23-21-,28-26-,29-27-,34-32-,35-33-,40-38-,41-39-,46-44-,47-45-,52-50-,53-51-,59-57-. The molecule has 2 atom stereocenters. The number of rotatable bonds is 69. The van der Waals surface area contributed by atoms with Crippen LogP contribution in [0.15, 0.2) is 207 Å². The van der Waals surface area contributed by atoms with Gasteiger partial charge < -0.3 is 27.9 Å². The Hall–Kier alpha value is -5.41. The van der Waals surface area contributed by atoms with Gasteiger partial charge >= 0.3 is 11.9 Å². The molecule has 0 amide bonds. The third-order valence-electron chi connectivity index (χ3n) is 15.8. The van der Waals surface area contributed by atoms with Crippen LogP contribution in [0, 0.1) is 0 Å². The second-order valence-corrected chi connectivity index (χ2v) is 27.7. The number of carbonyl (C=O) groups is 2. The molecular formula is C88H142NO8P. The first-order chi connectivity index (χ1) is 48.0. The zero-order valence-electron chi connectivity index (χ0n) is 62.9. The Morgan fingerprint density at radius 2 is 0.551 bits per heavy atom. The molecule has 0 spiro atoms. The highest BCUT2D eigenvalue weighted by Gasteiger charge is 2.22. The number of ether oxygens (including phenoxy) is 2. The average molecular weight is 1370 g/mol. The Labute approximate surface area is 602 Å². The van der Waals surface area contributed by atoms with Crippen molar-refractivity contribution in [1.82, 2.24) is 0 Å². The molecule has 0 radical (unpaired) electrons. The van der Waals surface area contributed by atoms with E-state index in [1.165, 1.54) is 89.9 Å². The minimum absolute atomic E-state index is 0.0422. The molecule has 552 valence electrons. The van der Waals surface area contributed by atoms with Crippen molar-refractivity contribution in [2.75, 3.05) is 47.5 Å². The van der Waals surface area contributed by atoms with E-state index < -0.39 is 32.5 Å². The molecule has 0 aliphatic carbocycles. The van der Waals surface area contributed by atoms with Crippen LogP contribution in [-0.2, 0) is 32.7 Å². The Morgan fingerprint density at radius 1 is 0.316 bits per heavy atom. The maximum absolute atomic E-state index is 12.9. The number of unbranched alkanes of at least 4 members (excludes halogenated alkanes) is 21. The first-order valence-corrected chi connectivity index (χ1v) is 40.3. The van der Waals surface area contributed by atoms with Gasteiger partial charge in [0.2, 0.25) is 0 Å². The zero-order valence-corrected chi connectivity index (χ0v) is 63.8. The van der Waals surface area contributed by atoms with Crippen molar-refractivity contribution >= 4 is 19.8 Å². The van der Waals surface area contributed by atoms with E-state index in [0.29, 0.717) is 17.4 Å². The third-order valence-corrected chi connectivity index (χ3v) is 16.8. The fraction of sp³-hybridized carbons (Fsp3) is 0.591. The lowest BCUT2D eigenvalue weighted by Crippen LogP contribution is -2.37. The van der Waals surface area contributed by atoms with E-state index in [9.17, 15) is 19.0 Å². The maximum Gasteiger partial charge on any atom is 0.306 e. The van der Waals surface area contributed by atoms with E-state index in [-0.39, 0.29) is 26.1 Å². The number of carbonyl (C=O) groups excluding carboxylic acids is 2. The van der Waals surface area contributed by atoms with Crippen molar-refractivity contribution in [2.24, 2.45) is 0 Å². The number of phosphoric acid groups is 1. The SMILES string of the molecule is CC/C=C\C/C=C\C/C=C\C/C=C\C/C=C\C/C=C\C/C=C\C/C=C\C/C=C\CCCCCCCCCCCC(=O)OC(COC(=O)CCCCCCCCCCCCCC/C=C\C/C=C\C/C=C\C/C=C\C/C=C\C/C=C\C/C=C\C/C=C\CC)COP(=O)([O-])OCC[N+](C)(C)C. The summed E-state index contributed by atoms with van der Waals surface area (Å²) in [6.07, 6.45) is 119. The van der Waals surface area contributed by atoms with Crippen LogP contribution < -0.4 is 4.89 Å². The molecule has 0 saturated carbocycles. The van der Waals surface area contributed by atoms with Crippen molar-refractivity contribution in [3.8, 4) is 0 Å². The third kappa shape index (κ3) is 79.6. The number of esters is 2. The van der Waals surface area contributed by atoms with Crippen LogP contribution in [0.3, 0.4) is 0 Å². The number of hydrogen-bond acceptors (Lipinski definition) is 8. The molecule has 10 heteroatoms. The van der Waals surface area contributed by atoms with Crippen molar-refractivity contribution in [3.05, 3.63) is 207 Å². The molecule has 0 aromatic rings. The topological polar surface area (TPSA) is 111 Å². The van der Waals surface area contributed by atoms with Gasteiger partial charge in [0.1, 0.15) is 19.8 Å². The summed E-state index contributed by atoms with van der Waals surface area (Å²) in [6, 6.07) is 0. The van der Waals surface area contributed by atoms with Crippen LogP contribution in [0.25, 0.3) is 0 Å². The van der Waals surface area contributed by atoms with E-state index in [1.807, 2.05) is 21.1 Å². The molecule has 2 unspecified atom stereocenters. The largest absolute Gasteiger partial charge is 0.756 e. The lowest BCUT2D eigenvalue weighted by Gasteiger charge is -2.28. The van der Waals surface area contributed by atoms with E-state index in [1.54, 1.807) is 0 Å². The van der Waals surface area contributed by atoms with E-state index >= 15 is 0 Å². The number of nitrogens with zero attached hydrogens (tertiary/aromatic N) is 1. The Morgan fingerprint density at radius 3 is 0.816 bits per heavy atom. The van der Waals surface area contributed by atoms with Crippen LogP contribution in [0.1, 0.15) is 284 Å². The van der Waals surface area contributed by atoms with Gasteiger partial charge in [0.05, 0.1) is 27.7 Å². The minimum atomic E-state index is -4.66. The second-order valence-electron chi connectivity index (χ2n) is 26.3. The lowest BCUT2D eigenvalue weighted by atomic mass is 10.0. The van der Waals surface area contributed by atoms with Crippen LogP contribution in [0.4, 0.5) is 0 Å². The van der Waals surface area contributed by atoms with Crippen LogP contribution >= 0.6 is 7.82 Å². The molecule has 9 nitrogen and oxygen atoms in total. The number of allylic oxidation sites excluding steroid dienone is 34. The highest BCUT2D eigenvalue weighted by molar-refractivity contribution is 7.45. The number of quaternary nitrogens is 1. The highest BCUT2D eigenvalue weighted by Crippen LogP contribution is 2.38. The predicted molar refractivity (Wildman–Crippen MR) is 424 cm³/mol. The average Bonchev–Trinajstić information content (AvgIpc) is 1.08. The van der Waals surface area contributed by atoms with Crippen LogP contribution in [-0.4, -0.2) is 70.0 Å². The molecule has 0 rings (SSSR count). The molecule has 0 bridgehead atoms. The second kappa shape index (κ2) is 75.8. The molecule has 0 N–H and O–H groups in total. The summed E-state index contributed by atoms with van der Waals surface area (Å²) in [5.74, 6) is -0.852. The van der Waals surface area contributed by atoms with E-state index in [4.69, 9.17) is 18.5 Å². The van der Waals surface area contributed by atoms with Gasteiger partial charge in [-0.05, 0) is 148 Å². The van der Waals surface area contributed by atoms with Gasteiger partial charge in [-0.3, -0.25) is 14.2 Å². The van der Waals surface area contributed by atoms with Gasteiger partial charge in [-0.1, -0.05) is 330 Å². The van der Waals surface area contributed by atoms with Crippen molar-refractivity contribution in [2.45, 2.75) is 290 Å². The van der Waals surface area contributed by atoms with Crippen molar-refractivity contribution in [1.29, 1.82) is 0 Å². The molecule has 0 aromatic heterocycles. The monoisotopic (exact) mass is 1370 g/mol. The maximum atomic E-state index is 12.9. The molecule has 0 fully saturated rings. The lowest BCUT2D eigenvalue weighted by molar-refractivity contribution is -0.870. The van der Waals surface area contributed by atoms with Crippen LogP contribution in [0.5, 0.6) is 0 Å². The first kappa shape index (κ1) is 92.6. The van der Waals surface area contributed by atoms with Gasteiger partial charge in [-0.2, -0.15) is 0 Å². The first-order valence-electron chi connectivity index (χ1n) is 38.8. The number of likely N-dealkylation sites (N-methyl/N-ethyl adjacent to an activating group) is 1. The Balaban J connectivity index is 4.10. The van der Waals surface area contributed by atoms with Crippen molar-refractivity contribution in [3.63, 3.8) is 0 Å². The van der Waals surface area contributed by atoms with Crippen molar-refractivity contribution < 1.29 is 42.1 Å². The fourth-order valence-electron chi connectivity index (χ4n) is 9.96. The summed E-state index contributed by atoms with van der Waals surface area (Å²) >= 11 is 0. The Bertz CT molecular complexity index is 2410. The summed E-state index contributed by atoms with van der Waals surface area (Å²) < 4.78 is 34.4. The summed E-state index contributed by atoms with van der Waals surface area (Å²) in [4.78, 5) is 38.2. The van der Waals surface area contributed by atoms with E-state index in [0.717, 1.165) is 161 Å². The quantitative estimate of drug-likeness (QED) is 0.0195. The van der Waals surface area contributed by atoms with Gasteiger partial charge in [0.25, 0.3) is 7.82 Å². The molecule has 0 saturated heterocycles. The fourth-order valence-corrected chi connectivity index (χ4v) is 10.7. The molecule has 0 heterocycles. The minimum Gasteiger partial charge on any atom is -0.756 e.